The van der Waals surface area contributed by atoms with Crippen LogP contribution in [0.4, 0.5) is 0 Å². The number of hydrogen-bond donors (Lipinski definition) is 2. The second kappa shape index (κ2) is 6.92. The van der Waals surface area contributed by atoms with Crippen LogP contribution in [0.1, 0.15) is 5.56 Å². The number of aryl methyl sites for hydroxylation is 1. The molecule has 4 rings (SSSR count). The summed E-state index contributed by atoms with van der Waals surface area (Å²) in [7, 11) is -3.49. The van der Waals surface area contributed by atoms with E-state index in [9.17, 15) is 13.2 Å². The smallest absolute Gasteiger partial charge is 0.256 e. The first-order valence-electron chi connectivity index (χ1n) is 8.91. The molecule has 1 fully saturated rings. The second-order valence-electron chi connectivity index (χ2n) is 6.73. The van der Waals surface area contributed by atoms with Crippen LogP contribution in [0.2, 0.25) is 0 Å². The Kier molecular flexibility index (Phi) is 4.59. The molecule has 27 heavy (non-hydrogen) atoms. The highest BCUT2D eigenvalue weighted by Crippen LogP contribution is 2.24. The number of fused-ring (bicyclic) bond motifs is 1. The molecule has 3 aromatic rings. The Labute approximate surface area is 157 Å². The Bertz CT molecular complexity index is 1150. The predicted octanol–water partition coefficient (Wildman–Crippen LogP) is 2.10. The van der Waals surface area contributed by atoms with Gasteiger partial charge in [0.25, 0.3) is 5.56 Å². The van der Waals surface area contributed by atoms with Crippen LogP contribution in [0.3, 0.4) is 0 Å². The number of aromatic amines is 1. The Morgan fingerprint density at radius 2 is 1.67 bits per heavy atom. The maximum Gasteiger partial charge on any atom is 0.256 e. The minimum atomic E-state index is -3.49. The van der Waals surface area contributed by atoms with Gasteiger partial charge in [-0.1, -0.05) is 24.3 Å². The highest BCUT2D eigenvalue weighted by Gasteiger charge is 2.25. The molecule has 0 spiro atoms. The average molecular weight is 383 g/mol. The first-order chi connectivity index (χ1) is 13.0. The number of H-pyrrole nitrogens is 1. The Morgan fingerprint density at radius 1 is 0.963 bits per heavy atom. The van der Waals surface area contributed by atoms with Crippen molar-refractivity contribution in [3.05, 3.63) is 64.4 Å². The van der Waals surface area contributed by atoms with Crippen LogP contribution < -0.4 is 10.9 Å². The third kappa shape index (κ3) is 3.29. The van der Waals surface area contributed by atoms with E-state index in [1.165, 1.54) is 4.31 Å². The standard InChI is InChI=1S/C20H21N3O3S/c1-14-3-2-4-17-18(14)13-19(22-20(17)24)15-5-7-16(8-6-15)27(25,26)23-11-9-21-10-12-23/h2-8,13,21H,9-12H2,1H3,(H,22,24). The number of aromatic nitrogens is 1. The quantitative estimate of drug-likeness (QED) is 0.726. The predicted molar refractivity (Wildman–Crippen MR) is 106 cm³/mol. The summed E-state index contributed by atoms with van der Waals surface area (Å²) >= 11 is 0. The van der Waals surface area contributed by atoms with Crippen molar-refractivity contribution in [3.63, 3.8) is 0 Å². The van der Waals surface area contributed by atoms with Crippen molar-refractivity contribution in [2.24, 2.45) is 0 Å². The van der Waals surface area contributed by atoms with Crippen LogP contribution in [0.25, 0.3) is 22.0 Å². The number of hydrogen-bond acceptors (Lipinski definition) is 4. The Balaban J connectivity index is 1.71. The molecule has 0 amide bonds. The molecule has 0 aliphatic carbocycles. The largest absolute Gasteiger partial charge is 0.321 e. The fourth-order valence-electron chi connectivity index (χ4n) is 3.44. The topological polar surface area (TPSA) is 82.3 Å². The van der Waals surface area contributed by atoms with E-state index in [0.29, 0.717) is 37.3 Å². The van der Waals surface area contributed by atoms with E-state index in [-0.39, 0.29) is 10.5 Å². The molecule has 1 aliphatic rings. The van der Waals surface area contributed by atoms with Gasteiger partial charge in [0.2, 0.25) is 10.0 Å². The molecule has 2 N–H and O–H groups in total. The van der Waals surface area contributed by atoms with Gasteiger partial charge in [-0.05, 0) is 47.7 Å². The van der Waals surface area contributed by atoms with Gasteiger partial charge >= 0.3 is 0 Å². The molecule has 0 saturated carbocycles. The SMILES string of the molecule is Cc1cccc2c(=O)[nH]c(-c3ccc(S(=O)(=O)N4CCNCC4)cc3)cc12. The molecule has 0 atom stereocenters. The molecule has 1 aromatic heterocycles. The van der Waals surface area contributed by atoms with E-state index in [1.807, 2.05) is 25.1 Å². The van der Waals surface area contributed by atoms with Gasteiger partial charge in [-0.3, -0.25) is 4.79 Å². The van der Waals surface area contributed by atoms with Gasteiger partial charge in [-0.2, -0.15) is 4.31 Å². The zero-order valence-electron chi connectivity index (χ0n) is 15.0. The van der Waals surface area contributed by atoms with E-state index >= 15 is 0 Å². The molecular formula is C20H21N3O3S. The van der Waals surface area contributed by atoms with E-state index in [1.54, 1.807) is 30.3 Å². The van der Waals surface area contributed by atoms with E-state index in [0.717, 1.165) is 16.5 Å². The first-order valence-corrected chi connectivity index (χ1v) is 10.3. The van der Waals surface area contributed by atoms with E-state index in [2.05, 4.69) is 10.3 Å². The molecular weight excluding hydrogens is 362 g/mol. The zero-order chi connectivity index (χ0) is 19.0. The van der Waals surface area contributed by atoms with Crippen molar-refractivity contribution < 1.29 is 8.42 Å². The Morgan fingerprint density at radius 3 is 2.37 bits per heavy atom. The number of nitrogens with zero attached hydrogens (tertiary/aromatic N) is 1. The Hall–Kier alpha value is -2.48. The van der Waals surface area contributed by atoms with Crippen LogP contribution in [-0.4, -0.2) is 43.9 Å². The number of piperazine rings is 1. The fourth-order valence-corrected chi connectivity index (χ4v) is 4.88. The fraction of sp³-hybridized carbons (Fsp3) is 0.250. The van der Waals surface area contributed by atoms with Crippen LogP contribution in [0, 0.1) is 6.92 Å². The summed E-state index contributed by atoms with van der Waals surface area (Å²) in [6.45, 7) is 4.24. The molecule has 6 nitrogen and oxygen atoms in total. The summed E-state index contributed by atoms with van der Waals surface area (Å²) in [4.78, 5) is 15.6. The van der Waals surface area contributed by atoms with Crippen LogP contribution in [-0.2, 0) is 10.0 Å². The second-order valence-corrected chi connectivity index (χ2v) is 8.66. The minimum Gasteiger partial charge on any atom is -0.321 e. The number of nitrogens with one attached hydrogen (secondary N) is 2. The van der Waals surface area contributed by atoms with Gasteiger partial charge in [0, 0.05) is 37.3 Å². The molecule has 2 heterocycles. The van der Waals surface area contributed by atoms with Crippen molar-refractivity contribution >= 4 is 20.8 Å². The van der Waals surface area contributed by atoms with Crippen molar-refractivity contribution in [2.75, 3.05) is 26.2 Å². The maximum absolute atomic E-state index is 12.7. The molecule has 0 bridgehead atoms. The van der Waals surface area contributed by atoms with E-state index in [4.69, 9.17) is 0 Å². The third-order valence-corrected chi connectivity index (χ3v) is 6.90. The van der Waals surface area contributed by atoms with Crippen LogP contribution in [0.5, 0.6) is 0 Å². The summed E-state index contributed by atoms with van der Waals surface area (Å²) in [5.41, 5.74) is 2.32. The molecule has 0 radical (unpaired) electrons. The van der Waals surface area contributed by atoms with Crippen molar-refractivity contribution in [2.45, 2.75) is 11.8 Å². The third-order valence-electron chi connectivity index (χ3n) is 4.98. The molecule has 1 aliphatic heterocycles. The van der Waals surface area contributed by atoms with Crippen LogP contribution >= 0.6 is 0 Å². The van der Waals surface area contributed by atoms with Crippen molar-refractivity contribution in [1.82, 2.24) is 14.6 Å². The van der Waals surface area contributed by atoms with E-state index < -0.39 is 10.0 Å². The molecule has 2 aromatic carbocycles. The lowest BCUT2D eigenvalue weighted by Crippen LogP contribution is -2.46. The van der Waals surface area contributed by atoms with Crippen LogP contribution in [0.15, 0.2) is 58.2 Å². The number of pyridine rings is 1. The van der Waals surface area contributed by atoms with Gasteiger partial charge in [0.05, 0.1) is 4.90 Å². The normalized spacial score (nSPS) is 15.9. The van der Waals surface area contributed by atoms with Gasteiger partial charge in [0.1, 0.15) is 0 Å². The van der Waals surface area contributed by atoms with Gasteiger partial charge in [-0.25, -0.2) is 8.42 Å². The maximum atomic E-state index is 12.7. The summed E-state index contributed by atoms with van der Waals surface area (Å²) in [6.07, 6.45) is 0. The molecule has 7 heteroatoms. The highest BCUT2D eigenvalue weighted by molar-refractivity contribution is 7.89. The molecule has 0 unspecified atom stereocenters. The monoisotopic (exact) mass is 383 g/mol. The number of benzene rings is 2. The summed E-state index contributed by atoms with van der Waals surface area (Å²) in [6, 6.07) is 14.3. The number of sulfonamides is 1. The lowest BCUT2D eigenvalue weighted by molar-refractivity contribution is 0.360. The lowest BCUT2D eigenvalue weighted by Gasteiger charge is -2.26. The highest BCUT2D eigenvalue weighted by atomic mass is 32.2. The van der Waals surface area contributed by atoms with Gasteiger partial charge in [-0.15, -0.1) is 0 Å². The molecule has 140 valence electrons. The first kappa shape index (κ1) is 17.9. The zero-order valence-corrected chi connectivity index (χ0v) is 15.8. The number of rotatable bonds is 3. The lowest BCUT2D eigenvalue weighted by atomic mass is 10.0. The summed E-state index contributed by atoms with van der Waals surface area (Å²) in [5.74, 6) is 0. The summed E-state index contributed by atoms with van der Waals surface area (Å²) in [5, 5.41) is 4.70. The summed E-state index contributed by atoms with van der Waals surface area (Å²) < 4.78 is 27.0. The minimum absolute atomic E-state index is 0.149. The average Bonchev–Trinajstić information content (AvgIpc) is 2.69. The molecule has 1 saturated heterocycles. The van der Waals surface area contributed by atoms with Crippen molar-refractivity contribution in [1.29, 1.82) is 0 Å². The van der Waals surface area contributed by atoms with Gasteiger partial charge in [0.15, 0.2) is 0 Å². The van der Waals surface area contributed by atoms with Crippen molar-refractivity contribution in [3.8, 4) is 11.3 Å². The van der Waals surface area contributed by atoms with Gasteiger partial charge < -0.3 is 10.3 Å².